The van der Waals surface area contributed by atoms with Crippen molar-refractivity contribution in [2.75, 3.05) is 7.11 Å². The van der Waals surface area contributed by atoms with Crippen LogP contribution in [0.25, 0.3) is 6.08 Å². The molecular formula is C19H14N2O5S2. The van der Waals surface area contributed by atoms with Crippen molar-refractivity contribution in [2.24, 2.45) is 0 Å². The molecule has 1 amide bonds. The molecule has 0 radical (unpaired) electrons. The number of rotatable bonds is 5. The molecule has 2 aromatic carbocycles. The van der Waals surface area contributed by atoms with Crippen LogP contribution in [0.4, 0.5) is 5.69 Å². The highest BCUT2D eigenvalue weighted by Gasteiger charge is 2.41. The van der Waals surface area contributed by atoms with Crippen LogP contribution in [-0.4, -0.2) is 33.1 Å². The van der Waals surface area contributed by atoms with E-state index < -0.39 is 22.8 Å². The highest BCUT2D eigenvalue weighted by Crippen LogP contribution is 2.38. The predicted octanol–water partition coefficient (Wildman–Crippen LogP) is 3.71. The number of nitro groups is 1. The molecular weight excluding hydrogens is 400 g/mol. The van der Waals surface area contributed by atoms with Gasteiger partial charge in [-0.2, -0.15) is 0 Å². The summed E-state index contributed by atoms with van der Waals surface area (Å²) in [6, 6.07) is 13.6. The summed E-state index contributed by atoms with van der Waals surface area (Å²) < 4.78 is 5.11. The zero-order chi connectivity index (χ0) is 20.3. The fourth-order valence-corrected chi connectivity index (χ4v) is 4.00. The highest BCUT2D eigenvalue weighted by atomic mass is 32.2. The first-order chi connectivity index (χ1) is 13.4. The first-order valence-electron chi connectivity index (χ1n) is 8.06. The molecule has 1 unspecified atom stereocenters. The topological polar surface area (TPSA) is 89.8 Å². The van der Waals surface area contributed by atoms with Crippen LogP contribution >= 0.6 is 24.0 Å². The molecule has 1 heterocycles. The fraction of sp³-hybridized carbons (Fsp3) is 0.105. The van der Waals surface area contributed by atoms with Gasteiger partial charge in [-0.1, -0.05) is 54.3 Å². The van der Waals surface area contributed by atoms with Crippen molar-refractivity contribution in [3.63, 3.8) is 0 Å². The standard InChI is InChI=1S/C19H14N2O5S2/c1-26-18(23)16(13-5-3-2-4-6-13)20-17(22)15(28-19(20)27)11-12-7-9-14(10-8-12)21(24)25/h2-11,16H,1H3/b15-11-. The molecule has 1 atom stereocenters. The Morgan fingerprint density at radius 1 is 1.21 bits per heavy atom. The second kappa shape index (κ2) is 8.32. The maximum Gasteiger partial charge on any atom is 0.333 e. The van der Waals surface area contributed by atoms with Crippen molar-refractivity contribution in [3.05, 3.63) is 80.7 Å². The van der Waals surface area contributed by atoms with Crippen molar-refractivity contribution < 1.29 is 19.2 Å². The number of non-ortho nitro benzene ring substituents is 1. The molecule has 9 heteroatoms. The summed E-state index contributed by atoms with van der Waals surface area (Å²) in [5, 5.41) is 10.8. The number of thiocarbonyl (C=S) groups is 1. The van der Waals surface area contributed by atoms with Crippen LogP contribution in [0.5, 0.6) is 0 Å². The molecule has 3 rings (SSSR count). The van der Waals surface area contributed by atoms with E-state index in [1.165, 1.54) is 24.1 Å². The summed E-state index contributed by atoms with van der Waals surface area (Å²) >= 11 is 6.40. The van der Waals surface area contributed by atoms with E-state index in [4.69, 9.17) is 17.0 Å². The first kappa shape index (κ1) is 19.7. The number of hydrogen-bond donors (Lipinski definition) is 0. The van der Waals surface area contributed by atoms with Gasteiger partial charge < -0.3 is 4.74 Å². The van der Waals surface area contributed by atoms with Gasteiger partial charge in [-0.05, 0) is 29.3 Å². The van der Waals surface area contributed by atoms with Crippen LogP contribution in [0.3, 0.4) is 0 Å². The van der Waals surface area contributed by atoms with E-state index in [9.17, 15) is 19.7 Å². The molecule has 7 nitrogen and oxygen atoms in total. The molecule has 1 saturated heterocycles. The summed E-state index contributed by atoms with van der Waals surface area (Å²) in [7, 11) is 1.25. The lowest BCUT2D eigenvalue weighted by molar-refractivity contribution is -0.384. The van der Waals surface area contributed by atoms with Crippen molar-refractivity contribution in [1.29, 1.82) is 0 Å². The number of hydrogen-bond acceptors (Lipinski definition) is 7. The van der Waals surface area contributed by atoms with Gasteiger partial charge in [0.05, 0.1) is 16.9 Å². The summed E-state index contributed by atoms with van der Waals surface area (Å²) in [4.78, 5) is 37.2. The number of nitro benzene ring substituents is 1. The molecule has 0 bridgehead atoms. The minimum absolute atomic E-state index is 0.0421. The van der Waals surface area contributed by atoms with E-state index >= 15 is 0 Å². The van der Waals surface area contributed by atoms with E-state index in [0.29, 0.717) is 16.0 Å². The zero-order valence-corrected chi connectivity index (χ0v) is 16.2. The molecule has 2 aromatic rings. The summed E-state index contributed by atoms with van der Waals surface area (Å²) in [5.41, 5.74) is 1.15. The van der Waals surface area contributed by atoms with Crippen molar-refractivity contribution >= 4 is 51.9 Å². The molecule has 0 N–H and O–H groups in total. The third-order valence-electron chi connectivity index (χ3n) is 4.02. The minimum Gasteiger partial charge on any atom is -0.467 e. The quantitative estimate of drug-likeness (QED) is 0.242. The summed E-state index contributed by atoms with van der Waals surface area (Å²) in [6.45, 7) is 0. The van der Waals surface area contributed by atoms with Gasteiger partial charge in [-0.25, -0.2) is 4.79 Å². The monoisotopic (exact) mass is 414 g/mol. The van der Waals surface area contributed by atoms with E-state index in [0.717, 1.165) is 11.8 Å². The Morgan fingerprint density at radius 2 is 1.86 bits per heavy atom. The molecule has 0 spiro atoms. The Morgan fingerprint density at radius 3 is 2.43 bits per heavy atom. The van der Waals surface area contributed by atoms with Crippen LogP contribution in [0, 0.1) is 10.1 Å². The molecule has 0 aliphatic carbocycles. The zero-order valence-electron chi connectivity index (χ0n) is 14.6. The fourth-order valence-electron chi connectivity index (χ4n) is 2.68. The number of thioether (sulfide) groups is 1. The Labute approximate surface area is 170 Å². The smallest absolute Gasteiger partial charge is 0.333 e. The van der Waals surface area contributed by atoms with Crippen molar-refractivity contribution in [3.8, 4) is 0 Å². The maximum atomic E-state index is 13.0. The molecule has 1 fully saturated rings. The molecule has 1 aliphatic rings. The predicted molar refractivity (Wildman–Crippen MR) is 109 cm³/mol. The summed E-state index contributed by atoms with van der Waals surface area (Å²) in [5.74, 6) is -1.02. The molecule has 28 heavy (non-hydrogen) atoms. The number of ether oxygens (including phenoxy) is 1. The van der Waals surface area contributed by atoms with Crippen LogP contribution < -0.4 is 0 Å². The largest absolute Gasteiger partial charge is 0.467 e. The number of carbonyl (C=O) groups excluding carboxylic acids is 2. The Bertz CT molecular complexity index is 974. The maximum absolute atomic E-state index is 13.0. The second-order valence-electron chi connectivity index (χ2n) is 5.74. The normalized spacial score (nSPS) is 16.3. The van der Waals surface area contributed by atoms with Gasteiger partial charge in [0.1, 0.15) is 4.32 Å². The van der Waals surface area contributed by atoms with Gasteiger partial charge >= 0.3 is 5.97 Å². The Hall–Kier alpha value is -3.04. The lowest BCUT2D eigenvalue weighted by Gasteiger charge is -2.24. The average Bonchev–Trinajstić information content (AvgIpc) is 2.97. The minimum atomic E-state index is -0.985. The van der Waals surface area contributed by atoms with Crippen LogP contribution in [-0.2, 0) is 14.3 Å². The van der Waals surface area contributed by atoms with Gasteiger partial charge in [0.15, 0.2) is 6.04 Å². The number of carbonyl (C=O) groups is 2. The van der Waals surface area contributed by atoms with Crippen LogP contribution in [0.1, 0.15) is 17.2 Å². The van der Waals surface area contributed by atoms with Gasteiger partial charge in [0, 0.05) is 12.1 Å². The molecule has 0 aromatic heterocycles. The average molecular weight is 414 g/mol. The molecule has 0 saturated carbocycles. The van der Waals surface area contributed by atoms with Gasteiger partial charge in [0.2, 0.25) is 0 Å². The number of esters is 1. The highest BCUT2D eigenvalue weighted by molar-refractivity contribution is 8.26. The lowest BCUT2D eigenvalue weighted by atomic mass is 10.1. The Balaban J connectivity index is 1.93. The lowest BCUT2D eigenvalue weighted by Crippen LogP contribution is -2.37. The number of nitrogens with zero attached hydrogens (tertiary/aromatic N) is 2. The molecule has 1 aliphatic heterocycles. The number of benzene rings is 2. The third kappa shape index (κ3) is 3.95. The second-order valence-corrected chi connectivity index (χ2v) is 7.41. The van der Waals surface area contributed by atoms with E-state index in [-0.39, 0.29) is 10.0 Å². The number of amides is 1. The van der Waals surface area contributed by atoms with Crippen LogP contribution in [0.2, 0.25) is 0 Å². The van der Waals surface area contributed by atoms with E-state index in [2.05, 4.69) is 0 Å². The van der Waals surface area contributed by atoms with Gasteiger partial charge in [-0.15, -0.1) is 0 Å². The van der Waals surface area contributed by atoms with E-state index in [1.807, 2.05) is 0 Å². The first-order valence-corrected chi connectivity index (χ1v) is 9.29. The Kier molecular flexibility index (Phi) is 5.86. The number of methoxy groups -OCH3 is 1. The third-order valence-corrected chi connectivity index (χ3v) is 5.35. The van der Waals surface area contributed by atoms with Gasteiger partial charge in [0.25, 0.3) is 11.6 Å². The summed E-state index contributed by atoms with van der Waals surface area (Å²) in [6.07, 6.45) is 1.59. The van der Waals surface area contributed by atoms with Crippen molar-refractivity contribution in [2.45, 2.75) is 6.04 Å². The van der Waals surface area contributed by atoms with Crippen LogP contribution in [0.15, 0.2) is 59.5 Å². The SMILES string of the molecule is COC(=O)C(c1ccccc1)N1C(=O)/C(=C/c2ccc([N+](=O)[O-])cc2)SC1=S. The van der Waals surface area contributed by atoms with E-state index in [1.54, 1.807) is 48.5 Å². The molecule has 142 valence electrons. The van der Waals surface area contributed by atoms with Crippen molar-refractivity contribution in [1.82, 2.24) is 4.90 Å². The van der Waals surface area contributed by atoms with Gasteiger partial charge in [-0.3, -0.25) is 19.8 Å².